The Hall–Kier alpha value is -1.53. The summed E-state index contributed by atoms with van der Waals surface area (Å²) < 4.78 is 0. The van der Waals surface area contributed by atoms with Crippen LogP contribution in [0.25, 0.3) is 10.6 Å². The van der Waals surface area contributed by atoms with Gasteiger partial charge in [-0.1, -0.05) is 12.1 Å². The van der Waals surface area contributed by atoms with Crippen molar-refractivity contribution in [3.05, 3.63) is 35.8 Å². The van der Waals surface area contributed by atoms with E-state index in [0.29, 0.717) is 0 Å². The highest BCUT2D eigenvalue weighted by atomic mass is 32.2. The van der Waals surface area contributed by atoms with E-state index in [9.17, 15) is 4.79 Å². The number of carbonyl (C=O) groups excluding carboxylic acids is 1. The van der Waals surface area contributed by atoms with E-state index in [0.717, 1.165) is 40.9 Å². The molecule has 0 radical (unpaired) electrons. The molecule has 104 valence electrons. The molecule has 0 bridgehead atoms. The molecule has 20 heavy (non-hydrogen) atoms. The molecule has 0 saturated carbocycles. The average molecular weight is 305 g/mol. The minimum Gasteiger partial charge on any atom is -0.323 e. The number of hydrogen-bond donors (Lipinski definition) is 1. The van der Waals surface area contributed by atoms with E-state index in [1.165, 1.54) is 0 Å². The first-order chi connectivity index (χ1) is 9.83. The summed E-state index contributed by atoms with van der Waals surface area (Å²) in [4.78, 5) is 18.3. The number of hydrogen-bond acceptors (Lipinski definition) is 4. The Kier molecular flexibility index (Phi) is 4.22. The third kappa shape index (κ3) is 3.13. The number of rotatable bonds is 2. The smallest absolute Gasteiger partial charge is 0.321 e. The number of amides is 2. The van der Waals surface area contributed by atoms with Gasteiger partial charge in [-0.2, -0.15) is 11.8 Å². The zero-order valence-electron chi connectivity index (χ0n) is 10.9. The summed E-state index contributed by atoms with van der Waals surface area (Å²) in [5, 5.41) is 5.89. The Morgan fingerprint density at radius 3 is 2.90 bits per heavy atom. The topological polar surface area (TPSA) is 45.2 Å². The maximum atomic E-state index is 12.2. The highest BCUT2D eigenvalue weighted by Gasteiger charge is 2.16. The molecule has 0 spiro atoms. The third-order valence-electron chi connectivity index (χ3n) is 3.09. The lowest BCUT2D eigenvalue weighted by Gasteiger charge is -2.26. The number of thiazole rings is 1. The summed E-state index contributed by atoms with van der Waals surface area (Å²) >= 11 is 3.49. The third-order valence-corrected chi connectivity index (χ3v) is 4.86. The number of nitrogens with zero attached hydrogens (tertiary/aromatic N) is 2. The number of thioether (sulfide) groups is 1. The molecule has 0 atom stereocenters. The highest BCUT2D eigenvalue weighted by Crippen LogP contribution is 2.24. The second kappa shape index (κ2) is 6.28. The van der Waals surface area contributed by atoms with Gasteiger partial charge >= 0.3 is 6.03 Å². The first-order valence-corrected chi connectivity index (χ1v) is 8.50. The van der Waals surface area contributed by atoms with Crippen LogP contribution < -0.4 is 5.32 Å². The molecule has 1 N–H and O–H groups in total. The van der Waals surface area contributed by atoms with Crippen LogP contribution in [0.3, 0.4) is 0 Å². The fraction of sp³-hybridized carbons (Fsp3) is 0.286. The lowest BCUT2D eigenvalue weighted by Crippen LogP contribution is -2.40. The predicted octanol–water partition coefficient (Wildman–Crippen LogP) is 3.39. The molecule has 2 aromatic rings. The second-order valence-electron chi connectivity index (χ2n) is 4.45. The summed E-state index contributed by atoms with van der Waals surface area (Å²) in [5.41, 5.74) is 1.85. The Balaban J connectivity index is 1.71. The average Bonchev–Trinajstić information content (AvgIpc) is 3.03. The van der Waals surface area contributed by atoms with Gasteiger partial charge in [0.25, 0.3) is 0 Å². The second-order valence-corrected chi connectivity index (χ2v) is 6.57. The van der Waals surface area contributed by atoms with Crippen molar-refractivity contribution >= 4 is 34.8 Å². The van der Waals surface area contributed by atoms with Gasteiger partial charge in [0.1, 0.15) is 5.01 Å². The molecule has 1 aromatic heterocycles. The fourth-order valence-corrected chi connectivity index (χ4v) is 3.60. The van der Waals surface area contributed by atoms with Crippen LogP contribution in [0.1, 0.15) is 0 Å². The Morgan fingerprint density at radius 1 is 1.30 bits per heavy atom. The van der Waals surface area contributed by atoms with Crippen LogP contribution in [0, 0.1) is 0 Å². The molecule has 2 heterocycles. The normalized spacial score (nSPS) is 15.1. The van der Waals surface area contributed by atoms with E-state index in [2.05, 4.69) is 10.3 Å². The van der Waals surface area contributed by atoms with Crippen LogP contribution in [0.4, 0.5) is 10.5 Å². The van der Waals surface area contributed by atoms with E-state index in [1.54, 1.807) is 17.5 Å². The standard InChI is InChI=1S/C14H15N3OS2/c18-14(17-5-8-19-9-6-17)16-12-3-1-2-11(10-12)13-15-4-7-20-13/h1-4,7,10H,5-6,8-9H2,(H,16,18). The number of anilines is 1. The van der Waals surface area contributed by atoms with Gasteiger partial charge in [-0.05, 0) is 12.1 Å². The largest absolute Gasteiger partial charge is 0.323 e. The van der Waals surface area contributed by atoms with E-state index in [-0.39, 0.29) is 6.03 Å². The molecule has 0 aliphatic carbocycles. The zero-order chi connectivity index (χ0) is 13.8. The maximum Gasteiger partial charge on any atom is 0.321 e. The first-order valence-electron chi connectivity index (χ1n) is 6.46. The van der Waals surface area contributed by atoms with E-state index in [1.807, 2.05) is 46.3 Å². The predicted molar refractivity (Wildman–Crippen MR) is 85.5 cm³/mol. The van der Waals surface area contributed by atoms with Crippen LogP contribution >= 0.6 is 23.1 Å². The highest BCUT2D eigenvalue weighted by molar-refractivity contribution is 7.99. The van der Waals surface area contributed by atoms with Crippen molar-refractivity contribution in [2.75, 3.05) is 29.9 Å². The van der Waals surface area contributed by atoms with Gasteiger partial charge in [0.15, 0.2) is 0 Å². The molecular formula is C14H15N3OS2. The SMILES string of the molecule is O=C(Nc1cccc(-c2nccs2)c1)N1CCSCC1. The molecule has 1 fully saturated rings. The van der Waals surface area contributed by atoms with Gasteiger partial charge in [0.05, 0.1) is 0 Å². The minimum absolute atomic E-state index is 0.0124. The molecular weight excluding hydrogens is 290 g/mol. The maximum absolute atomic E-state index is 12.2. The van der Waals surface area contributed by atoms with Crippen molar-refractivity contribution in [2.45, 2.75) is 0 Å². The van der Waals surface area contributed by atoms with Gasteiger partial charge in [-0.15, -0.1) is 11.3 Å². The summed E-state index contributed by atoms with van der Waals surface area (Å²) in [6, 6.07) is 7.81. The van der Waals surface area contributed by atoms with Gasteiger partial charge < -0.3 is 10.2 Å². The summed E-state index contributed by atoms with van der Waals surface area (Å²) in [5.74, 6) is 2.04. The fourth-order valence-electron chi connectivity index (χ4n) is 2.06. The molecule has 3 rings (SSSR count). The van der Waals surface area contributed by atoms with Crippen molar-refractivity contribution < 1.29 is 4.79 Å². The van der Waals surface area contributed by atoms with Crippen molar-refractivity contribution in [3.8, 4) is 10.6 Å². The van der Waals surface area contributed by atoms with Gasteiger partial charge in [0.2, 0.25) is 0 Å². The number of nitrogens with one attached hydrogen (secondary N) is 1. The van der Waals surface area contributed by atoms with Crippen LogP contribution in [0.5, 0.6) is 0 Å². The van der Waals surface area contributed by atoms with Crippen LogP contribution in [-0.2, 0) is 0 Å². The van der Waals surface area contributed by atoms with Crippen molar-refractivity contribution in [2.24, 2.45) is 0 Å². The molecule has 6 heteroatoms. The minimum atomic E-state index is -0.0124. The zero-order valence-corrected chi connectivity index (χ0v) is 12.5. The number of benzene rings is 1. The Bertz CT molecular complexity index is 580. The van der Waals surface area contributed by atoms with Gasteiger partial charge in [-0.3, -0.25) is 0 Å². The lowest BCUT2D eigenvalue weighted by molar-refractivity contribution is 0.217. The molecule has 1 saturated heterocycles. The Morgan fingerprint density at radius 2 is 2.15 bits per heavy atom. The van der Waals surface area contributed by atoms with Crippen molar-refractivity contribution in [3.63, 3.8) is 0 Å². The van der Waals surface area contributed by atoms with Crippen molar-refractivity contribution in [1.82, 2.24) is 9.88 Å². The van der Waals surface area contributed by atoms with E-state index >= 15 is 0 Å². The molecule has 1 aliphatic rings. The van der Waals surface area contributed by atoms with Crippen LogP contribution in [0.15, 0.2) is 35.8 Å². The number of urea groups is 1. The number of carbonyl (C=O) groups is 1. The van der Waals surface area contributed by atoms with Crippen LogP contribution in [-0.4, -0.2) is 40.5 Å². The monoisotopic (exact) mass is 305 g/mol. The Labute approximate surface area is 126 Å². The first kappa shape index (κ1) is 13.5. The molecule has 2 amide bonds. The summed E-state index contributed by atoms with van der Waals surface area (Å²) in [6.07, 6.45) is 1.79. The van der Waals surface area contributed by atoms with Gasteiger partial charge in [0, 0.05) is 47.4 Å². The van der Waals surface area contributed by atoms with E-state index in [4.69, 9.17) is 0 Å². The van der Waals surface area contributed by atoms with E-state index < -0.39 is 0 Å². The molecule has 1 aromatic carbocycles. The molecule has 4 nitrogen and oxygen atoms in total. The molecule has 1 aliphatic heterocycles. The summed E-state index contributed by atoms with van der Waals surface area (Å²) in [6.45, 7) is 1.64. The quantitative estimate of drug-likeness (QED) is 0.925. The van der Waals surface area contributed by atoms with Crippen LogP contribution in [0.2, 0.25) is 0 Å². The van der Waals surface area contributed by atoms with Crippen molar-refractivity contribution in [1.29, 1.82) is 0 Å². The summed E-state index contributed by atoms with van der Waals surface area (Å²) in [7, 11) is 0. The lowest BCUT2D eigenvalue weighted by atomic mass is 10.2. The molecule has 0 unspecified atom stereocenters. The van der Waals surface area contributed by atoms with Gasteiger partial charge in [-0.25, -0.2) is 9.78 Å². The number of aromatic nitrogens is 1.